The van der Waals surface area contributed by atoms with E-state index in [1.54, 1.807) is 6.92 Å². The molecule has 3 N–H and O–H groups in total. The van der Waals surface area contributed by atoms with E-state index in [9.17, 15) is 9.59 Å². The maximum Gasteiger partial charge on any atom is 0.268 e. The molecule has 72 valence electrons. The van der Waals surface area contributed by atoms with E-state index < -0.39 is 12.0 Å². The zero-order chi connectivity index (χ0) is 9.84. The Bertz CT molecular complexity index is 260. The molecule has 1 atom stereocenters. The van der Waals surface area contributed by atoms with Crippen LogP contribution >= 0.6 is 0 Å². The third-order valence-corrected chi connectivity index (χ3v) is 1.46. The number of amides is 2. The molecule has 1 aliphatic rings. The van der Waals surface area contributed by atoms with Crippen molar-refractivity contribution in [1.82, 2.24) is 10.7 Å². The van der Waals surface area contributed by atoms with Crippen LogP contribution in [0.25, 0.3) is 0 Å². The van der Waals surface area contributed by atoms with Gasteiger partial charge >= 0.3 is 0 Å². The molecular formula is C7H11N3O3. The van der Waals surface area contributed by atoms with Crippen LogP contribution in [0.5, 0.6) is 0 Å². The van der Waals surface area contributed by atoms with Gasteiger partial charge in [0.1, 0.15) is 5.71 Å². The molecule has 0 radical (unpaired) electrons. The highest BCUT2D eigenvalue weighted by molar-refractivity contribution is 6.43. The zero-order valence-corrected chi connectivity index (χ0v) is 7.20. The lowest BCUT2D eigenvalue weighted by Crippen LogP contribution is -2.35. The summed E-state index contributed by atoms with van der Waals surface area (Å²) in [6.45, 7) is 1.71. The van der Waals surface area contributed by atoms with Crippen molar-refractivity contribution in [1.29, 1.82) is 0 Å². The Morgan fingerprint density at radius 2 is 2.54 bits per heavy atom. The van der Waals surface area contributed by atoms with Crippen molar-refractivity contribution in [2.45, 2.75) is 19.4 Å². The number of carbonyl (C=O) groups excluding carboxylic acids is 2. The van der Waals surface area contributed by atoms with Crippen molar-refractivity contribution in [3.8, 4) is 0 Å². The molecule has 2 amide bonds. The maximum absolute atomic E-state index is 11.2. The summed E-state index contributed by atoms with van der Waals surface area (Å²) in [5.74, 6) is -0.707. The largest absolute Gasteiger partial charge is 0.392 e. The number of hydrogen-bond acceptors (Lipinski definition) is 4. The summed E-state index contributed by atoms with van der Waals surface area (Å²) in [7, 11) is 0. The molecule has 0 aliphatic carbocycles. The molecule has 0 fully saturated rings. The van der Waals surface area contributed by atoms with Crippen LogP contribution < -0.4 is 10.7 Å². The molecule has 0 bridgehead atoms. The van der Waals surface area contributed by atoms with Gasteiger partial charge in [0.05, 0.1) is 12.5 Å². The van der Waals surface area contributed by atoms with Crippen molar-refractivity contribution in [3.63, 3.8) is 0 Å². The zero-order valence-electron chi connectivity index (χ0n) is 7.20. The average molecular weight is 185 g/mol. The minimum Gasteiger partial charge on any atom is -0.392 e. The first-order valence-electron chi connectivity index (χ1n) is 3.91. The molecule has 13 heavy (non-hydrogen) atoms. The fourth-order valence-corrected chi connectivity index (χ4v) is 0.834. The number of nitrogens with zero attached hydrogens (tertiary/aromatic N) is 1. The monoisotopic (exact) mass is 185 g/mol. The fraction of sp³-hybridized carbons (Fsp3) is 0.571. The van der Waals surface area contributed by atoms with Gasteiger partial charge in [-0.25, -0.2) is 5.43 Å². The first-order chi connectivity index (χ1) is 6.09. The lowest BCUT2D eigenvalue weighted by Gasteiger charge is -2.05. The highest BCUT2D eigenvalue weighted by Crippen LogP contribution is 1.94. The first kappa shape index (κ1) is 9.66. The number of aliphatic hydroxyl groups is 1. The molecule has 0 aromatic carbocycles. The van der Waals surface area contributed by atoms with Crippen LogP contribution in [0, 0.1) is 0 Å². The van der Waals surface area contributed by atoms with Gasteiger partial charge in [-0.3, -0.25) is 9.59 Å². The average Bonchev–Trinajstić information content (AvgIpc) is 2.47. The highest BCUT2D eigenvalue weighted by Gasteiger charge is 2.20. The number of carbonyl (C=O) groups is 2. The van der Waals surface area contributed by atoms with Crippen molar-refractivity contribution in [3.05, 3.63) is 0 Å². The lowest BCUT2D eigenvalue weighted by atomic mass is 10.2. The normalized spacial score (nSPS) is 17.7. The summed E-state index contributed by atoms with van der Waals surface area (Å²) in [5.41, 5.74) is 2.32. The summed E-state index contributed by atoms with van der Waals surface area (Å²) < 4.78 is 0. The smallest absolute Gasteiger partial charge is 0.268 e. The first-order valence-corrected chi connectivity index (χ1v) is 3.91. The Morgan fingerprint density at radius 1 is 1.85 bits per heavy atom. The van der Waals surface area contributed by atoms with Crippen LogP contribution in [0.2, 0.25) is 0 Å². The summed E-state index contributed by atoms with van der Waals surface area (Å²) in [4.78, 5) is 21.8. The van der Waals surface area contributed by atoms with Crippen LogP contribution in [0.1, 0.15) is 13.3 Å². The molecule has 1 heterocycles. The van der Waals surface area contributed by atoms with Gasteiger partial charge in [-0.2, -0.15) is 5.10 Å². The van der Waals surface area contributed by atoms with Gasteiger partial charge in [0.15, 0.2) is 0 Å². The van der Waals surface area contributed by atoms with Crippen LogP contribution in [0.3, 0.4) is 0 Å². The van der Waals surface area contributed by atoms with Gasteiger partial charge in [-0.1, -0.05) is 0 Å². The van der Waals surface area contributed by atoms with Gasteiger partial charge in [-0.15, -0.1) is 0 Å². The number of rotatable bonds is 3. The van der Waals surface area contributed by atoms with Crippen LogP contribution in [0.15, 0.2) is 5.10 Å². The van der Waals surface area contributed by atoms with Crippen molar-refractivity contribution in [2.24, 2.45) is 5.10 Å². The van der Waals surface area contributed by atoms with Gasteiger partial charge in [0.2, 0.25) is 5.91 Å². The Hall–Kier alpha value is -1.43. The van der Waals surface area contributed by atoms with Gasteiger partial charge in [0, 0.05) is 6.54 Å². The fourth-order valence-electron chi connectivity index (χ4n) is 0.834. The van der Waals surface area contributed by atoms with E-state index >= 15 is 0 Å². The Balaban J connectivity index is 2.36. The molecule has 0 aromatic rings. The predicted octanol–water partition coefficient (Wildman–Crippen LogP) is -1.64. The topological polar surface area (TPSA) is 90.8 Å². The van der Waals surface area contributed by atoms with Crippen LogP contribution in [-0.2, 0) is 9.59 Å². The molecule has 0 saturated carbocycles. The Kier molecular flexibility index (Phi) is 2.97. The second kappa shape index (κ2) is 3.99. The Morgan fingerprint density at radius 3 is 3.00 bits per heavy atom. The second-order valence-corrected chi connectivity index (χ2v) is 2.83. The van der Waals surface area contributed by atoms with E-state index in [2.05, 4.69) is 15.8 Å². The summed E-state index contributed by atoms with van der Waals surface area (Å²) in [6, 6.07) is 0. The van der Waals surface area contributed by atoms with Gasteiger partial charge < -0.3 is 10.4 Å². The molecule has 0 spiro atoms. The summed E-state index contributed by atoms with van der Waals surface area (Å²) >= 11 is 0. The van der Waals surface area contributed by atoms with Crippen molar-refractivity contribution >= 4 is 17.5 Å². The minimum atomic E-state index is -0.602. The van der Waals surface area contributed by atoms with Crippen molar-refractivity contribution in [2.75, 3.05) is 6.54 Å². The number of hydrogen-bond donors (Lipinski definition) is 3. The maximum atomic E-state index is 11.2. The molecule has 0 saturated heterocycles. The van der Waals surface area contributed by atoms with Crippen LogP contribution in [-0.4, -0.2) is 35.3 Å². The van der Waals surface area contributed by atoms with Gasteiger partial charge in [-0.05, 0) is 6.92 Å². The van der Waals surface area contributed by atoms with E-state index in [4.69, 9.17) is 5.11 Å². The summed E-state index contributed by atoms with van der Waals surface area (Å²) in [6.07, 6.45) is -0.597. The summed E-state index contributed by atoms with van der Waals surface area (Å²) in [5, 5.41) is 14.8. The number of hydrazone groups is 1. The van der Waals surface area contributed by atoms with Gasteiger partial charge in [0.25, 0.3) is 5.91 Å². The third kappa shape index (κ3) is 2.83. The quantitative estimate of drug-likeness (QED) is 0.492. The molecule has 0 unspecified atom stereocenters. The predicted molar refractivity (Wildman–Crippen MR) is 44.9 cm³/mol. The second-order valence-electron chi connectivity index (χ2n) is 2.83. The molecule has 6 nitrogen and oxygen atoms in total. The Labute approximate surface area is 75.0 Å². The molecule has 0 aromatic heterocycles. The molecule has 1 aliphatic heterocycles. The van der Waals surface area contributed by atoms with Crippen molar-refractivity contribution < 1.29 is 14.7 Å². The molecular weight excluding hydrogens is 174 g/mol. The van der Waals surface area contributed by atoms with E-state index in [0.29, 0.717) is 0 Å². The minimum absolute atomic E-state index is 0.00560. The molecule has 6 heteroatoms. The van der Waals surface area contributed by atoms with E-state index in [1.807, 2.05) is 0 Å². The SMILES string of the molecule is C[C@H](O)CNC(=O)C1=NNC(=O)C1. The van der Waals surface area contributed by atoms with E-state index in [-0.39, 0.29) is 24.6 Å². The standard InChI is InChI=1S/C7H11N3O3/c1-4(11)3-8-7(13)5-2-6(12)10-9-5/h4,11H,2-3H2,1H3,(H,8,13)(H,10,12)/t4-/m0/s1. The highest BCUT2D eigenvalue weighted by atomic mass is 16.3. The number of nitrogens with one attached hydrogen (secondary N) is 2. The van der Waals surface area contributed by atoms with E-state index in [0.717, 1.165) is 0 Å². The van der Waals surface area contributed by atoms with E-state index in [1.165, 1.54) is 0 Å². The third-order valence-electron chi connectivity index (χ3n) is 1.46. The molecule has 1 rings (SSSR count). The number of aliphatic hydroxyl groups excluding tert-OH is 1. The van der Waals surface area contributed by atoms with Crippen LogP contribution in [0.4, 0.5) is 0 Å². The lowest BCUT2D eigenvalue weighted by molar-refractivity contribution is -0.120.